The van der Waals surface area contributed by atoms with Gasteiger partial charge in [-0.15, -0.1) is 4.36 Å². The number of carbonyl (C=O) groups excluding carboxylic acids is 2. The predicted octanol–water partition coefficient (Wildman–Crippen LogP) is 7.07. The van der Waals surface area contributed by atoms with Crippen LogP contribution in [0.15, 0.2) is 77.2 Å². The molecule has 1 unspecified atom stereocenters. The lowest BCUT2D eigenvalue weighted by molar-refractivity contribution is 0.0131. The molecule has 1 fully saturated rings. The van der Waals surface area contributed by atoms with Crippen molar-refractivity contribution in [1.82, 2.24) is 4.72 Å². The molecule has 1 N–H and O–H groups in total. The number of hydrogen-bond donors (Lipinski definition) is 1. The number of methoxy groups -OCH3 is 2. The van der Waals surface area contributed by atoms with Crippen LogP contribution in [0.2, 0.25) is 0 Å². The van der Waals surface area contributed by atoms with E-state index in [0.717, 1.165) is 56.6 Å². The summed E-state index contributed by atoms with van der Waals surface area (Å²) in [6, 6.07) is 18.7. The number of hydrogen-bond acceptors (Lipinski definition) is 7. The van der Waals surface area contributed by atoms with Crippen LogP contribution in [0.4, 0.5) is 5.69 Å². The van der Waals surface area contributed by atoms with E-state index in [4.69, 9.17) is 14.2 Å². The van der Waals surface area contributed by atoms with Gasteiger partial charge in [-0.1, -0.05) is 42.8 Å². The molecular formula is C41H49N3O6S. The molecule has 10 heteroatoms. The van der Waals surface area contributed by atoms with Gasteiger partial charge in [0, 0.05) is 36.7 Å². The minimum absolute atomic E-state index is 0.0102. The number of fused-ring (bicyclic) bond motifs is 4. The Kier molecular flexibility index (Phi) is 10.0. The lowest BCUT2D eigenvalue weighted by atomic mass is 9.68. The normalized spacial score (nSPS) is 29.6. The van der Waals surface area contributed by atoms with Gasteiger partial charge >= 0.3 is 0 Å². The number of rotatable bonds is 4. The number of anilines is 1. The van der Waals surface area contributed by atoms with Crippen molar-refractivity contribution >= 4 is 27.4 Å². The van der Waals surface area contributed by atoms with Gasteiger partial charge in [-0.05, 0) is 117 Å². The number of amides is 2. The second kappa shape index (κ2) is 14.5. The van der Waals surface area contributed by atoms with Gasteiger partial charge < -0.3 is 19.1 Å². The van der Waals surface area contributed by atoms with Crippen molar-refractivity contribution in [2.24, 2.45) is 22.1 Å². The van der Waals surface area contributed by atoms with Crippen LogP contribution in [0.3, 0.4) is 0 Å². The fourth-order valence-corrected chi connectivity index (χ4v) is 10.4. The molecule has 2 aliphatic carbocycles. The van der Waals surface area contributed by atoms with Crippen molar-refractivity contribution in [3.8, 4) is 11.5 Å². The molecule has 1 spiro atoms. The summed E-state index contributed by atoms with van der Waals surface area (Å²) in [6.45, 7) is 6.21. The smallest absolute Gasteiger partial charge is 0.286 e. The van der Waals surface area contributed by atoms with E-state index in [1.54, 1.807) is 44.6 Å². The fraction of sp³-hybridized carbons (Fsp3) is 0.463. The molecule has 7 rings (SSSR count). The van der Waals surface area contributed by atoms with Crippen LogP contribution < -0.4 is 19.1 Å². The Hall–Kier alpha value is -4.15. The standard InChI is InChI=1S/C41H49N3O6S/c1-27-10-18-35-30(21-27)8-6-20-41(35)25-44-23-32-13-17-34(32)37(49-4)9-5-7-28(2)24-51(47,42-39(45)29-11-15-33(48-3)16-12-29)43-40(46)31-14-19-38(50-26-41)36(44)22-31/h5,9-12,14-16,18-19,21-22,28,32,34,37H,6-8,13,17,20,23-26H2,1-4H3,(H,42,43,45,46,47)/b9-5+/t28-,32-,34+,37-,41-,51?/m0/s1. The Bertz CT molecular complexity index is 1950. The maximum atomic E-state index is 14.5. The third kappa shape index (κ3) is 7.31. The lowest BCUT2D eigenvalue weighted by Crippen LogP contribution is -2.49. The molecule has 4 aliphatic rings. The minimum Gasteiger partial charge on any atom is -0.497 e. The molecule has 2 bridgehead atoms. The van der Waals surface area contributed by atoms with E-state index in [0.29, 0.717) is 41.7 Å². The zero-order valence-electron chi connectivity index (χ0n) is 30.1. The topological polar surface area (TPSA) is 107 Å². The minimum atomic E-state index is -3.52. The van der Waals surface area contributed by atoms with Crippen LogP contribution in [-0.4, -0.2) is 61.8 Å². The summed E-state index contributed by atoms with van der Waals surface area (Å²) in [5.74, 6) is 0.752. The first-order valence-electron chi connectivity index (χ1n) is 18.2. The van der Waals surface area contributed by atoms with Crippen molar-refractivity contribution in [3.63, 3.8) is 0 Å². The van der Waals surface area contributed by atoms with Crippen molar-refractivity contribution in [1.29, 1.82) is 0 Å². The number of benzene rings is 3. The third-order valence-electron chi connectivity index (χ3n) is 11.3. The molecular weight excluding hydrogens is 663 g/mol. The Balaban J connectivity index is 1.29. The summed E-state index contributed by atoms with van der Waals surface area (Å²) >= 11 is 0. The number of nitrogens with zero attached hydrogens (tertiary/aromatic N) is 2. The first-order valence-corrected chi connectivity index (χ1v) is 19.8. The average molecular weight is 712 g/mol. The molecule has 3 aromatic rings. The largest absolute Gasteiger partial charge is 0.497 e. The molecule has 0 aromatic heterocycles. The first kappa shape index (κ1) is 35.3. The summed E-state index contributed by atoms with van der Waals surface area (Å²) in [5, 5.41) is 0. The predicted molar refractivity (Wildman–Crippen MR) is 200 cm³/mol. The van der Waals surface area contributed by atoms with Gasteiger partial charge in [0.25, 0.3) is 11.8 Å². The van der Waals surface area contributed by atoms with Gasteiger partial charge in [-0.2, -0.15) is 0 Å². The second-order valence-electron chi connectivity index (χ2n) is 15.0. The molecule has 2 amide bonds. The molecule has 6 atom stereocenters. The van der Waals surface area contributed by atoms with Crippen LogP contribution in [0.25, 0.3) is 0 Å². The quantitative estimate of drug-likeness (QED) is 0.289. The van der Waals surface area contributed by atoms with Crippen molar-refractivity contribution in [2.45, 2.75) is 63.9 Å². The van der Waals surface area contributed by atoms with Crippen LogP contribution in [0.5, 0.6) is 11.5 Å². The first-order chi connectivity index (χ1) is 24.6. The Morgan fingerprint density at radius 3 is 2.65 bits per heavy atom. The molecule has 2 aliphatic heterocycles. The molecule has 1 saturated carbocycles. The molecule has 0 radical (unpaired) electrons. The van der Waals surface area contributed by atoms with Gasteiger partial charge in [-0.3, -0.25) is 14.3 Å². The van der Waals surface area contributed by atoms with E-state index in [-0.39, 0.29) is 23.2 Å². The summed E-state index contributed by atoms with van der Waals surface area (Å²) in [4.78, 5) is 29.8. The van der Waals surface area contributed by atoms with E-state index in [1.165, 1.54) is 16.7 Å². The summed E-state index contributed by atoms with van der Waals surface area (Å²) < 4.78 is 39.4. The fourth-order valence-electron chi connectivity index (χ4n) is 8.47. The number of carbonyl (C=O) groups is 2. The van der Waals surface area contributed by atoms with Gasteiger partial charge in [-0.25, -0.2) is 4.21 Å². The molecule has 9 nitrogen and oxygen atoms in total. The average Bonchev–Trinajstić information content (AvgIpc) is 3.25. The van der Waals surface area contributed by atoms with E-state index in [9.17, 15) is 13.8 Å². The number of allylic oxidation sites excluding steroid dienone is 1. The van der Waals surface area contributed by atoms with Crippen molar-refractivity contribution in [3.05, 3.63) is 101 Å². The molecule has 2 heterocycles. The van der Waals surface area contributed by atoms with Crippen molar-refractivity contribution in [2.75, 3.05) is 44.6 Å². The molecule has 0 saturated heterocycles. The van der Waals surface area contributed by atoms with E-state index in [2.05, 4.69) is 51.3 Å². The summed E-state index contributed by atoms with van der Waals surface area (Å²) in [6.07, 6.45) is 10.1. The molecule has 3 aromatic carbocycles. The number of nitrogens with one attached hydrogen (secondary N) is 1. The maximum Gasteiger partial charge on any atom is 0.286 e. The van der Waals surface area contributed by atoms with Gasteiger partial charge in [0.2, 0.25) is 0 Å². The zero-order valence-corrected chi connectivity index (χ0v) is 30.9. The van der Waals surface area contributed by atoms with Gasteiger partial charge in [0.05, 0.1) is 31.3 Å². The zero-order chi connectivity index (χ0) is 35.8. The van der Waals surface area contributed by atoms with Gasteiger partial charge in [0.1, 0.15) is 21.4 Å². The van der Waals surface area contributed by atoms with Crippen LogP contribution in [-0.2, 0) is 26.5 Å². The Morgan fingerprint density at radius 1 is 1.08 bits per heavy atom. The van der Waals surface area contributed by atoms with E-state index < -0.39 is 21.7 Å². The summed E-state index contributed by atoms with van der Waals surface area (Å²) in [5.41, 5.74) is 5.26. The van der Waals surface area contributed by atoms with E-state index >= 15 is 0 Å². The monoisotopic (exact) mass is 711 g/mol. The third-order valence-corrected chi connectivity index (χ3v) is 13.3. The maximum absolute atomic E-state index is 14.5. The number of aryl methyl sites for hydroxylation is 2. The highest BCUT2D eigenvalue weighted by atomic mass is 32.2. The second-order valence-corrected chi connectivity index (χ2v) is 17.0. The van der Waals surface area contributed by atoms with E-state index in [1.807, 2.05) is 19.1 Å². The highest BCUT2D eigenvalue weighted by Gasteiger charge is 2.44. The highest BCUT2D eigenvalue weighted by molar-refractivity contribution is 7.92. The highest BCUT2D eigenvalue weighted by Crippen LogP contribution is 2.47. The lowest BCUT2D eigenvalue weighted by Gasteiger charge is -2.46. The van der Waals surface area contributed by atoms with Crippen LogP contribution >= 0.6 is 0 Å². The van der Waals surface area contributed by atoms with Crippen LogP contribution in [0, 0.1) is 24.7 Å². The van der Waals surface area contributed by atoms with Crippen LogP contribution in [0.1, 0.15) is 76.4 Å². The van der Waals surface area contributed by atoms with Gasteiger partial charge in [0.15, 0.2) is 0 Å². The Morgan fingerprint density at radius 2 is 1.90 bits per heavy atom. The molecule has 270 valence electrons. The summed E-state index contributed by atoms with van der Waals surface area (Å²) in [7, 11) is -0.201. The number of ether oxygens (including phenoxy) is 3. The SMILES string of the molecule is COc1ccc(C(=O)NS2(=O)=NC(=O)c3ccc4c(c3)N(C[C@@H]3CC[C@H]3[C@@H](OC)/C=C/C[C@H](C)C2)C[C@@]2(CCCc3cc(C)ccc32)CO4)cc1. The Labute approximate surface area is 302 Å². The van der Waals surface area contributed by atoms with Crippen molar-refractivity contribution < 1.29 is 28.0 Å². The molecule has 51 heavy (non-hydrogen) atoms.